The van der Waals surface area contributed by atoms with Crippen molar-refractivity contribution in [3.05, 3.63) is 24.3 Å². The number of thioether (sulfide) groups is 1. The predicted octanol–water partition coefficient (Wildman–Crippen LogP) is 2.83. The highest BCUT2D eigenvalue weighted by molar-refractivity contribution is 7.99. The highest BCUT2D eigenvalue weighted by atomic mass is 32.2. The lowest BCUT2D eigenvalue weighted by molar-refractivity contribution is 0.489. The Labute approximate surface area is 85.7 Å². The van der Waals surface area contributed by atoms with Gasteiger partial charge in [0.15, 0.2) is 5.58 Å². The van der Waals surface area contributed by atoms with Crippen LogP contribution < -0.4 is 0 Å². The Morgan fingerprint density at radius 3 is 3.00 bits per heavy atom. The van der Waals surface area contributed by atoms with Crippen LogP contribution in [0.5, 0.6) is 0 Å². The first kappa shape index (κ1) is 9.10. The van der Waals surface area contributed by atoms with E-state index in [1.165, 1.54) is 11.8 Å². The Morgan fingerprint density at radius 2 is 2.29 bits per heavy atom. The molecule has 0 aliphatic carbocycles. The maximum absolute atomic E-state index is 8.63. The van der Waals surface area contributed by atoms with Gasteiger partial charge in [0.05, 0.1) is 11.3 Å². The number of aromatic nitrogens is 1. The summed E-state index contributed by atoms with van der Waals surface area (Å²) in [5.41, 5.74) is 1.60. The molecular weight excluding hydrogens is 196 g/mol. The molecule has 0 saturated heterocycles. The van der Waals surface area contributed by atoms with E-state index in [9.17, 15) is 0 Å². The van der Waals surface area contributed by atoms with Crippen LogP contribution in [0.2, 0.25) is 0 Å². The fourth-order valence-corrected chi connectivity index (χ4v) is 1.72. The lowest BCUT2D eigenvalue weighted by Gasteiger charge is -1.93. The van der Waals surface area contributed by atoms with E-state index in [0.717, 1.165) is 11.1 Å². The zero-order chi connectivity index (χ0) is 9.97. The predicted molar refractivity (Wildman–Crippen MR) is 54.9 cm³/mol. The summed E-state index contributed by atoms with van der Waals surface area (Å²) >= 11 is 1.33. The topological polar surface area (TPSA) is 49.8 Å². The largest absolute Gasteiger partial charge is 0.431 e. The van der Waals surface area contributed by atoms with Crippen LogP contribution in [0.4, 0.5) is 0 Å². The van der Waals surface area contributed by atoms with Crippen molar-refractivity contribution in [2.24, 2.45) is 0 Å². The third-order valence-electron chi connectivity index (χ3n) is 1.73. The molecule has 0 fully saturated rings. The minimum Gasteiger partial charge on any atom is -0.431 e. The molecule has 0 radical (unpaired) electrons. The molecule has 1 heterocycles. The van der Waals surface area contributed by atoms with Gasteiger partial charge in [-0.3, -0.25) is 0 Å². The van der Waals surface area contributed by atoms with Gasteiger partial charge in [0.2, 0.25) is 0 Å². The van der Waals surface area contributed by atoms with Gasteiger partial charge in [0.1, 0.15) is 5.52 Å². The SMILES string of the molecule is CC(C#N)Sc1nc2ccccc2o1. The van der Waals surface area contributed by atoms with E-state index >= 15 is 0 Å². The molecule has 2 aromatic rings. The summed E-state index contributed by atoms with van der Waals surface area (Å²) < 4.78 is 5.44. The van der Waals surface area contributed by atoms with Crippen molar-refractivity contribution in [2.75, 3.05) is 0 Å². The molecule has 70 valence electrons. The summed E-state index contributed by atoms with van der Waals surface area (Å²) in [6.45, 7) is 1.82. The molecule has 0 bridgehead atoms. The monoisotopic (exact) mass is 204 g/mol. The van der Waals surface area contributed by atoms with Gasteiger partial charge < -0.3 is 4.42 Å². The van der Waals surface area contributed by atoms with Crippen LogP contribution in [-0.2, 0) is 0 Å². The Bertz CT molecular complexity index is 453. The highest BCUT2D eigenvalue weighted by Crippen LogP contribution is 2.25. The van der Waals surface area contributed by atoms with E-state index in [4.69, 9.17) is 9.68 Å². The Morgan fingerprint density at radius 1 is 1.50 bits per heavy atom. The second kappa shape index (κ2) is 3.72. The molecular formula is C10H8N2OS. The van der Waals surface area contributed by atoms with Crippen molar-refractivity contribution in [2.45, 2.75) is 17.4 Å². The zero-order valence-corrected chi connectivity index (χ0v) is 8.41. The number of hydrogen-bond acceptors (Lipinski definition) is 4. The first-order chi connectivity index (χ1) is 6.79. The van der Waals surface area contributed by atoms with Crippen LogP contribution in [0.1, 0.15) is 6.92 Å². The van der Waals surface area contributed by atoms with Gasteiger partial charge in [-0.2, -0.15) is 5.26 Å². The van der Waals surface area contributed by atoms with Crippen molar-refractivity contribution < 1.29 is 4.42 Å². The Balaban J connectivity index is 2.32. The minimum absolute atomic E-state index is 0.136. The maximum Gasteiger partial charge on any atom is 0.258 e. The summed E-state index contributed by atoms with van der Waals surface area (Å²) in [5.74, 6) is 0. The van der Waals surface area contributed by atoms with Gasteiger partial charge in [-0.1, -0.05) is 12.1 Å². The number of oxazole rings is 1. The summed E-state index contributed by atoms with van der Waals surface area (Å²) in [4.78, 5) is 4.25. The maximum atomic E-state index is 8.63. The van der Waals surface area contributed by atoms with Gasteiger partial charge in [0, 0.05) is 0 Å². The molecule has 1 atom stereocenters. The van der Waals surface area contributed by atoms with Crippen LogP contribution in [0.3, 0.4) is 0 Å². The van der Waals surface area contributed by atoms with E-state index in [1.807, 2.05) is 31.2 Å². The number of benzene rings is 1. The molecule has 0 aliphatic rings. The molecule has 3 nitrogen and oxygen atoms in total. The second-order valence-electron chi connectivity index (χ2n) is 2.84. The summed E-state index contributed by atoms with van der Waals surface area (Å²) in [6, 6.07) is 9.68. The third kappa shape index (κ3) is 1.73. The molecule has 0 saturated carbocycles. The molecule has 0 amide bonds. The zero-order valence-electron chi connectivity index (χ0n) is 7.60. The van der Waals surface area contributed by atoms with Crippen molar-refractivity contribution in [3.63, 3.8) is 0 Å². The van der Waals surface area contributed by atoms with Gasteiger partial charge in [-0.05, 0) is 30.8 Å². The number of hydrogen-bond donors (Lipinski definition) is 0. The number of nitrogens with zero attached hydrogens (tertiary/aromatic N) is 2. The first-order valence-electron chi connectivity index (χ1n) is 4.21. The molecule has 2 rings (SSSR count). The fourth-order valence-electron chi connectivity index (χ4n) is 1.08. The number of nitriles is 1. The minimum atomic E-state index is -0.136. The van der Waals surface area contributed by atoms with Crippen molar-refractivity contribution in [1.82, 2.24) is 4.98 Å². The highest BCUT2D eigenvalue weighted by Gasteiger charge is 2.09. The summed E-state index contributed by atoms with van der Waals surface area (Å²) in [5, 5.41) is 9.05. The molecule has 1 aromatic heterocycles. The fraction of sp³-hybridized carbons (Fsp3) is 0.200. The smallest absolute Gasteiger partial charge is 0.258 e. The van der Waals surface area contributed by atoms with Gasteiger partial charge >= 0.3 is 0 Å². The molecule has 4 heteroatoms. The Kier molecular flexibility index (Phi) is 2.42. The van der Waals surface area contributed by atoms with Gasteiger partial charge in [0.25, 0.3) is 5.22 Å². The van der Waals surface area contributed by atoms with Gasteiger partial charge in [-0.15, -0.1) is 0 Å². The molecule has 0 aliphatic heterocycles. The van der Waals surface area contributed by atoms with Crippen LogP contribution in [0.15, 0.2) is 33.9 Å². The molecule has 14 heavy (non-hydrogen) atoms. The van der Waals surface area contributed by atoms with E-state index in [2.05, 4.69) is 11.1 Å². The van der Waals surface area contributed by atoms with Crippen LogP contribution in [-0.4, -0.2) is 10.2 Å². The summed E-state index contributed by atoms with van der Waals surface area (Å²) in [7, 11) is 0. The van der Waals surface area contributed by atoms with Crippen molar-refractivity contribution in [3.8, 4) is 6.07 Å². The lowest BCUT2D eigenvalue weighted by Crippen LogP contribution is -1.88. The molecule has 0 spiro atoms. The van der Waals surface area contributed by atoms with Gasteiger partial charge in [-0.25, -0.2) is 4.98 Å². The van der Waals surface area contributed by atoms with E-state index in [0.29, 0.717) is 5.22 Å². The van der Waals surface area contributed by atoms with Crippen LogP contribution >= 0.6 is 11.8 Å². The van der Waals surface area contributed by atoms with Crippen molar-refractivity contribution >= 4 is 22.9 Å². The molecule has 1 unspecified atom stereocenters. The normalized spacial score (nSPS) is 12.6. The standard InChI is InChI=1S/C10H8N2OS/c1-7(6-11)14-10-12-8-4-2-3-5-9(8)13-10/h2-5,7H,1H3. The van der Waals surface area contributed by atoms with E-state index in [1.54, 1.807) is 0 Å². The quantitative estimate of drug-likeness (QED) is 0.706. The molecule has 1 aromatic carbocycles. The average Bonchev–Trinajstić information content (AvgIpc) is 2.59. The Hall–Kier alpha value is -1.47. The average molecular weight is 204 g/mol. The van der Waals surface area contributed by atoms with Crippen molar-refractivity contribution in [1.29, 1.82) is 5.26 Å². The number of para-hydroxylation sites is 2. The van der Waals surface area contributed by atoms with E-state index < -0.39 is 0 Å². The molecule has 0 N–H and O–H groups in total. The number of rotatable bonds is 2. The third-order valence-corrected chi connectivity index (χ3v) is 2.57. The van der Waals surface area contributed by atoms with E-state index in [-0.39, 0.29) is 5.25 Å². The lowest BCUT2D eigenvalue weighted by atomic mass is 10.3. The first-order valence-corrected chi connectivity index (χ1v) is 5.09. The second-order valence-corrected chi connectivity index (χ2v) is 4.13. The summed E-state index contributed by atoms with van der Waals surface area (Å²) in [6.07, 6.45) is 0. The number of fused-ring (bicyclic) bond motifs is 1. The van der Waals surface area contributed by atoms with Crippen LogP contribution in [0.25, 0.3) is 11.1 Å². The van der Waals surface area contributed by atoms with Crippen LogP contribution in [0, 0.1) is 11.3 Å².